The van der Waals surface area contributed by atoms with Gasteiger partial charge < -0.3 is 16.2 Å². The van der Waals surface area contributed by atoms with Crippen molar-refractivity contribution in [1.82, 2.24) is 14.5 Å². The Labute approximate surface area is 204 Å². The highest BCUT2D eigenvalue weighted by Crippen LogP contribution is 2.39. The molecule has 1 atom stereocenters. The van der Waals surface area contributed by atoms with Crippen LogP contribution in [-0.2, 0) is 0 Å². The molecule has 0 bridgehead atoms. The number of halogens is 1. The average molecular weight is 490 g/mol. The van der Waals surface area contributed by atoms with E-state index in [1.54, 1.807) is 24.7 Å². The number of rotatable bonds is 6. The molecule has 0 aliphatic heterocycles. The fourth-order valence-corrected chi connectivity index (χ4v) is 4.91. The summed E-state index contributed by atoms with van der Waals surface area (Å²) in [5.41, 5.74) is 16.4. The van der Waals surface area contributed by atoms with Crippen LogP contribution in [0.2, 0.25) is 5.02 Å². The first kappa shape index (κ1) is 21.9. The zero-order chi connectivity index (χ0) is 23.8. The van der Waals surface area contributed by atoms with Gasteiger partial charge in [-0.2, -0.15) is 0 Å². The summed E-state index contributed by atoms with van der Waals surface area (Å²) in [4.78, 5) is 21.2. The van der Waals surface area contributed by atoms with Gasteiger partial charge in [-0.05, 0) is 42.8 Å². The molecule has 0 fully saturated rings. The molecule has 0 saturated heterocycles. The molecule has 0 aliphatic carbocycles. The van der Waals surface area contributed by atoms with Crippen molar-refractivity contribution in [3.05, 3.63) is 88.0 Å². The highest BCUT2D eigenvalue weighted by atomic mass is 35.5. The number of nitrogens with two attached hydrogens (primary N) is 2. The first-order chi connectivity index (χ1) is 16.4. The van der Waals surface area contributed by atoms with Crippen LogP contribution in [0.4, 0.5) is 5.82 Å². The van der Waals surface area contributed by atoms with Crippen LogP contribution in [0.5, 0.6) is 5.75 Å². The SMILES string of the molecule is C[C@@H](Oc1c(-n2cnc3cc(-c4ccc(N)nc4)ccc32)csc1C(N)=O)c1ccccc1Cl. The first-order valence-electron chi connectivity index (χ1n) is 10.4. The Kier molecular flexibility index (Phi) is 5.69. The van der Waals surface area contributed by atoms with Gasteiger partial charge in [-0.15, -0.1) is 11.3 Å². The number of carbonyl (C=O) groups is 1. The zero-order valence-electron chi connectivity index (χ0n) is 18.1. The molecule has 170 valence electrons. The fraction of sp³-hybridized carbons (Fsp3) is 0.0800. The number of nitrogens with zero attached hydrogens (tertiary/aromatic N) is 3. The van der Waals surface area contributed by atoms with E-state index in [1.165, 1.54) is 11.3 Å². The van der Waals surface area contributed by atoms with Crippen molar-refractivity contribution in [3.63, 3.8) is 0 Å². The third kappa shape index (κ3) is 3.98. The van der Waals surface area contributed by atoms with Crippen molar-refractivity contribution < 1.29 is 9.53 Å². The molecular weight excluding hydrogens is 470 g/mol. The Bertz CT molecular complexity index is 1510. The summed E-state index contributed by atoms with van der Waals surface area (Å²) in [6.45, 7) is 1.88. The van der Waals surface area contributed by atoms with Crippen LogP contribution in [0.3, 0.4) is 0 Å². The topological polar surface area (TPSA) is 109 Å². The molecule has 3 aromatic heterocycles. The summed E-state index contributed by atoms with van der Waals surface area (Å²) < 4.78 is 8.17. The number of thiophene rings is 1. The fourth-order valence-electron chi connectivity index (χ4n) is 3.79. The largest absolute Gasteiger partial charge is 0.482 e. The summed E-state index contributed by atoms with van der Waals surface area (Å²) in [6, 6.07) is 17.1. The first-order valence-corrected chi connectivity index (χ1v) is 11.7. The monoisotopic (exact) mass is 489 g/mol. The highest BCUT2D eigenvalue weighted by molar-refractivity contribution is 7.12. The van der Waals surface area contributed by atoms with Gasteiger partial charge in [0.15, 0.2) is 5.75 Å². The number of pyridine rings is 1. The van der Waals surface area contributed by atoms with Crippen LogP contribution in [0, 0.1) is 0 Å². The summed E-state index contributed by atoms with van der Waals surface area (Å²) in [6.07, 6.45) is 3.03. The van der Waals surface area contributed by atoms with Gasteiger partial charge in [0, 0.05) is 27.7 Å². The summed E-state index contributed by atoms with van der Waals surface area (Å²) in [5, 5.41) is 2.43. The lowest BCUT2D eigenvalue weighted by Crippen LogP contribution is -2.13. The number of aromatic nitrogens is 3. The van der Waals surface area contributed by atoms with Crippen LogP contribution < -0.4 is 16.2 Å². The lowest BCUT2D eigenvalue weighted by molar-refractivity contribution is 0.0998. The van der Waals surface area contributed by atoms with Crippen molar-refractivity contribution in [1.29, 1.82) is 0 Å². The van der Waals surface area contributed by atoms with Crippen molar-refractivity contribution in [3.8, 4) is 22.6 Å². The average Bonchev–Trinajstić information content (AvgIpc) is 3.43. The van der Waals surface area contributed by atoms with Crippen molar-refractivity contribution >= 4 is 45.7 Å². The van der Waals surface area contributed by atoms with E-state index in [0.717, 1.165) is 27.7 Å². The predicted octanol–water partition coefficient (Wildman–Crippen LogP) is 5.62. The van der Waals surface area contributed by atoms with E-state index in [-0.39, 0.29) is 0 Å². The van der Waals surface area contributed by atoms with E-state index in [0.29, 0.717) is 27.2 Å². The van der Waals surface area contributed by atoms with Gasteiger partial charge in [-0.3, -0.25) is 9.36 Å². The number of hydrogen-bond acceptors (Lipinski definition) is 6. The Morgan fingerprint density at radius 2 is 1.91 bits per heavy atom. The van der Waals surface area contributed by atoms with Crippen molar-refractivity contribution in [2.24, 2.45) is 5.73 Å². The van der Waals surface area contributed by atoms with Crippen molar-refractivity contribution in [2.75, 3.05) is 5.73 Å². The van der Waals surface area contributed by atoms with Crippen LogP contribution in [0.15, 0.2) is 72.5 Å². The van der Waals surface area contributed by atoms with E-state index < -0.39 is 12.0 Å². The molecule has 7 nitrogen and oxygen atoms in total. The molecule has 0 unspecified atom stereocenters. The molecule has 34 heavy (non-hydrogen) atoms. The third-order valence-electron chi connectivity index (χ3n) is 5.52. The normalized spacial score (nSPS) is 12.1. The minimum atomic E-state index is -0.555. The number of nitrogen functional groups attached to an aromatic ring is 1. The predicted molar refractivity (Wildman–Crippen MR) is 136 cm³/mol. The van der Waals surface area contributed by atoms with E-state index in [2.05, 4.69) is 9.97 Å². The van der Waals surface area contributed by atoms with Gasteiger partial charge in [0.1, 0.15) is 28.8 Å². The summed E-state index contributed by atoms with van der Waals surface area (Å²) >= 11 is 7.59. The summed E-state index contributed by atoms with van der Waals surface area (Å²) in [7, 11) is 0. The second kappa shape index (κ2) is 8.81. The van der Waals surface area contributed by atoms with Crippen molar-refractivity contribution in [2.45, 2.75) is 13.0 Å². The standard InChI is InChI=1S/C25H20ClN5O2S/c1-14(17-4-2-3-5-18(17)26)33-23-21(12-34-24(23)25(28)32)31-13-30-19-10-15(6-8-20(19)31)16-7-9-22(27)29-11-16/h2-14H,1H3,(H2,27,29)(H2,28,32)/t14-/m1/s1. The lowest BCUT2D eigenvalue weighted by Gasteiger charge is -2.18. The van der Waals surface area contributed by atoms with E-state index in [9.17, 15) is 4.79 Å². The molecular formula is C25H20ClN5O2S. The zero-order valence-corrected chi connectivity index (χ0v) is 19.7. The van der Waals surface area contributed by atoms with Gasteiger partial charge in [0.25, 0.3) is 5.91 Å². The molecule has 4 N–H and O–H groups in total. The highest BCUT2D eigenvalue weighted by Gasteiger charge is 2.23. The van der Waals surface area contributed by atoms with Crippen LogP contribution >= 0.6 is 22.9 Å². The maximum atomic E-state index is 12.2. The maximum Gasteiger partial charge on any atom is 0.262 e. The van der Waals surface area contributed by atoms with Crippen LogP contribution in [0.1, 0.15) is 28.3 Å². The second-order valence-electron chi connectivity index (χ2n) is 7.71. The second-order valence-corrected chi connectivity index (χ2v) is 9.00. The number of ether oxygens (including phenoxy) is 1. The Morgan fingerprint density at radius 1 is 1.12 bits per heavy atom. The molecule has 2 aromatic carbocycles. The van der Waals surface area contributed by atoms with Crippen LogP contribution in [0.25, 0.3) is 27.8 Å². The quantitative estimate of drug-likeness (QED) is 0.321. The number of fused-ring (bicyclic) bond motifs is 1. The van der Waals surface area contributed by atoms with Crippen LogP contribution in [-0.4, -0.2) is 20.4 Å². The summed E-state index contributed by atoms with van der Waals surface area (Å²) in [5.74, 6) is 0.312. The molecule has 3 heterocycles. The smallest absolute Gasteiger partial charge is 0.262 e. The van der Waals surface area contributed by atoms with Gasteiger partial charge in [0.2, 0.25) is 0 Å². The van der Waals surface area contributed by atoms with E-state index in [4.69, 9.17) is 27.8 Å². The molecule has 1 amide bonds. The number of amides is 1. The molecule has 0 radical (unpaired) electrons. The Morgan fingerprint density at radius 3 is 2.65 bits per heavy atom. The molecule has 5 aromatic rings. The molecule has 0 spiro atoms. The third-order valence-corrected chi connectivity index (χ3v) is 6.82. The minimum absolute atomic E-state index is 0.334. The molecule has 9 heteroatoms. The number of benzene rings is 2. The number of primary amides is 1. The van der Waals surface area contributed by atoms with E-state index in [1.807, 2.05) is 59.3 Å². The van der Waals surface area contributed by atoms with Gasteiger partial charge in [0.05, 0.1) is 11.0 Å². The van der Waals surface area contributed by atoms with E-state index >= 15 is 0 Å². The lowest BCUT2D eigenvalue weighted by atomic mass is 10.1. The minimum Gasteiger partial charge on any atom is -0.482 e. The Hall–Kier alpha value is -3.88. The molecule has 5 rings (SSSR count). The number of anilines is 1. The number of carbonyl (C=O) groups excluding carboxylic acids is 1. The van der Waals surface area contributed by atoms with Gasteiger partial charge in [-0.25, -0.2) is 9.97 Å². The number of hydrogen-bond donors (Lipinski definition) is 2. The van der Waals surface area contributed by atoms with Gasteiger partial charge >= 0.3 is 0 Å². The maximum absolute atomic E-state index is 12.2. The molecule has 0 aliphatic rings. The Balaban J connectivity index is 1.56. The molecule has 0 saturated carbocycles. The van der Waals surface area contributed by atoms with Gasteiger partial charge in [-0.1, -0.05) is 35.9 Å². The number of imidazole rings is 1.